The molecule has 15 heavy (non-hydrogen) atoms. The Labute approximate surface area is 90.1 Å². The monoisotopic (exact) mass is 207 g/mol. The molecule has 0 aliphatic heterocycles. The number of methoxy groups -OCH3 is 1. The number of aliphatic imine (C=N–C) groups is 1. The quantitative estimate of drug-likeness (QED) is 0.336. The molecule has 0 heterocycles. The Kier molecular flexibility index (Phi) is 4.63. The van der Waals surface area contributed by atoms with E-state index in [9.17, 15) is 0 Å². The predicted octanol–water partition coefficient (Wildman–Crippen LogP) is 1.12. The lowest BCUT2D eigenvalue weighted by Crippen LogP contribution is -2.32. The number of benzene rings is 1. The van der Waals surface area contributed by atoms with Crippen molar-refractivity contribution in [3.8, 4) is 5.75 Å². The molecule has 1 rings (SSSR count). The van der Waals surface area contributed by atoms with Crippen LogP contribution in [0.15, 0.2) is 29.3 Å². The average Bonchev–Trinajstić information content (AvgIpc) is 2.29. The fourth-order valence-electron chi connectivity index (χ4n) is 1.37. The molecular formula is C11H17N3O. The van der Waals surface area contributed by atoms with Gasteiger partial charge < -0.3 is 10.2 Å². The van der Waals surface area contributed by atoms with Crippen molar-refractivity contribution in [1.29, 1.82) is 0 Å². The lowest BCUT2D eigenvalue weighted by molar-refractivity contribution is 0.411. The first kappa shape index (κ1) is 11.5. The van der Waals surface area contributed by atoms with E-state index in [-0.39, 0.29) is 0 Å². The van der Waals surface area contributed by atoms with Crippen LogP contribution in [0.2, 0.25) is 0 Å². The van der Waals surface area contributed by atoms with Crippen LogP contribution >= 0.6 is 0 Å². The Hall–Kier alpha value is -1.55. The molecule has 0 unspecified atom stereocenters. The molecule has 82 valence electrons. The molecule has 0 aliphatic rings. The number of amidine groups is 1. The fourth-order valence-corrected chi connectivity index (χ4v) is 1.37. The van der Waals surface area contributed by atoms with Gasteiger partial charge in [-0.05, 0) is 13.0 Å². The number of nitrogens with zero attached hydrogens (tertiary/aromatic N) is 1. The van der Waals surface area contributed by atoms with Gasteiger partial charge >= 0.3 is 0 Å². The van der Waals surface area contributed by atoms with Crippen LogP contribution < -0.4 is 16.0 Å². The van der Waals surface area contributed by atoms with E-state index in [1.54, 1.807) is 7.11 Å². The van der Waals surface area contributed by atoms with Gasteiger partial charge in [0.25, 0.3) is 0 Å². The Morgan fingerprint density at radius 1 is 1.47 bits per heavy atom. The highest BCUT2D eigenvalue weighted by Crippen LogP contribution is 2.17. The van der Waals surface area contributed by atoms with Gasteiger partial charge in [0.05, 0.1) is 7.11 Å². The van der Waals surface area contributed by atoms with Gasteiger partial charge in [0.15, 0.2) is 0 Å². The molecule has 0 aromatic heterocycles. The van der Waals surface area contributed by atoms with E-state index in [0.29, 0.717) is 13.0 Å². The van der Waals surface area contributed by atoms with E-state index in [4.69, 9.17) is 10.6 Å². The Balaban J connectivity index is 2.83. The van der Waals surface area contributed by atoms with Crippen LogP contribution in [0.4, 0.5) is 0 Å². The SMILES string of the molecule is CCN=C(Cc1ccccc1OC)NN. The zero-order valence-corrected chi connectivity index (χ0v) is 9.16. The van der Waals surface area contributed by atoms with Gasteiger partial charge in [-0.25, -0.2) is 5.84 Å². The molecule has 0 saturated carbocycles. The van der Waals surface area contributed by atoms with Crippen LogP contribution in [0.1, 0.15) is 12.5 Å². The maximum atomic E-state index is 5.38. The standard InChI is InChI=1S/C11H17N3O/c1-3-13-11(14-12)8-9-6-4-5-7-10(9)15-2/h4-7H,3,8,12H2,1-2H3,(H,13,14). The Morgan fingerprint density at radius 2 is 2.20 bits per heavy atom. The number of hydrazine groups is 1. The van der Waals surface area contributed by atoms with Crippen LogP contribution in [0, 0.1) is 0 Å². The molecule has 0 spiro atoms. The predicted molar refractivity (Wildman–Crippen MR) is 62.0 cm³/mol. The van der Waals surface area contributed by atoms with E-state index >= 15 is 0 Å². The third kappa shape index (κ3) is 3.25. The van der Waals surface area contributed by atoms with Gasteiger partial charge in [0.1, 0.15) is 11.6 Å². The van der Waals surface area contributed by atoms with Crippen LogP contribution in [0.3, 0.4) is 0 Å². The van der Waals surface area contributed by atoms with Gasteiger partial charge in [-0.15, -0.1) is 0 Å². The summed E-state index contributed by atoms with van der Waals surface area (Å²) in [6, 6.07) is 7.84. The number of para-hydroxylation sites is 1. The topological polar surface area (TPSA) is 59.6 Å². The van der Waals surface area contributed by atoms with Crippen molar-refractivity contribution in [1.82, 2.24) is 5.43 Å². The molecular weight excluding hydrogens is 190 g/mol. The number of hydrogen-bond donors (Lipinski definition) is 2. The fraction of sp³-hybridized carbons (Fsp3) is 0.364. The first-order valence-corrected chi connectivity index (χ1v) is 4.93. The summed E-state index contributed by atoms with van der Waals surface area (Å²) >= 11 is 0. The number of nitrogens with one attached hydrogen (secondary N) is 1. The van der Waals surface area contributed by atoms with Crippen molar-refractivity contribution in [3.63, 3.8) is 0 Å². The molecule has 3 N–H and O–H groups in total. The third-order valence-electron chi connectivity index (χ3n) is 2.07. The largest absolute Gasteiger partial charge is 0.496 e. The summed E-state index contributed by atoms with van der Waals surface area (Å²) in [4.78, 5) is 4.24. The van der Waals surface area contributed by atoms with E-state index in [1.165, 1.54) is 0 Å². The number of hydrogen-bond acceptors (Lipinski definition) is 3. The van der Waals surface area contributed by atoms with Crippen LogP contribution in [0.5, 0.6) is 5.75 Å². The van der Waals surface area contributed by atoms with Gasteiger partial charge in [-0.1, -0.05) is 18.2 Å². The van der Waals surface area contributed by atoms with Crippen LogP contribution in [0.25, 0.3) is 0 Å². The van der Waals surface area contributed by atoms with Gasteiger partial charge in [-0.2, -0.15) is 0 Å². The highest BCUT2D eigenvalue weighted by molar-refractivity contribution is 5.84. The molecule has 1 aromatic rings. The van der Waals surface area contributed by atoms with Crippen molar-refractivity contribution in [3.05, 3.63) is 29.8 Å². The van der Waals surface area contributed by atoms with Gasteiger partial charge in [0.2, 0.25) is 0 Å². The van der Waals surface area contributed by atoms with Crippen LogP contribution in [-0.2, 0) is 6.42 Å². The normalized spacial score (nSPS) is 11.3. The zero-order valence-electron chi connectivity index (χ0n) is 9.16. The second-order valence-corrected chi connectivity index (χ2v) is 3.05. The number of rotatable bonds is 4. The van der Waals surface area contributed by atoms with E-state index in [1.807, 2.05) is 31.2 Å². The van der Waals surface area contributed by atoms with Crippen molar-refractivity contribution in [2.75, 3.05) is 13.7 Å². The average molecular weight is 207 g/mol. The molecule has 1 aromatic carbocycles. The van der Waals surface area contributed by atoms with Crippen molar-refractivity contribution in [2.45, 2.75) is 13.3 Å². The summed E-state index contributed by atoms with van der Waals surface area (Å²) in [7, 11) is 1.66. The Morgan fingerprint density at radius 3 is 2.80 bits per heavy atom. The molecule has 4 nitrogen and oxygen atoms in total. The van der Waals surface area contributed by atoms with Gasteiger partial charge in [-0.3, -0.25) is 4.99 Å². The smallest absolute Gasteiger partial charge is 0.122 e. The minimum absolute atomic E-state index is 0.661. The lowest BCUT2D eigenvalue weighted by Gasteiger charge is -2.09. The second kappa shape index (κ2) is 6.03. The molecule has 0 bridgehead atoms. The summed E-state index contributed by atoms with van der Waals surface area (Å²) in [5, 5.41) is 0. The van der Waals surface area contributed by atoms with E-state index < -0.39 is 0 Å². The first-order valence-electron chi connectivity index (χ1n) is 4.93. The molecule has 0 radical (unpaired) electrons. The highest BCUT2D eigenvalue weighted by atomic mass is 16.5. The molecule has 0 atom stereocenters. The maximum Gasteiger partial charge on any atom is 0.122 e. The van der Waals surface area contributed by atoms with Crippen molar-refractivity contribution >= 4 is 5.84 Å². The molecule has 0 saturated heterocycles. The molecule has 4 heteroatoms. The van der Waals surface area contributed by atoms with Crippen LogP contribution in [-0.4, -0.2) is 19.5 Å². The molecule has 0 fully saturated rings. The Bertz CT molecular complexity index is 336. The lowest BCUT2D eigenvalue weighted by atomic mass is 10.1. The number of nitrogens with two attached hydrogens (primary N) is 1. The summed E-state index contributed by atoms with van der Waals surface area (Å²) in [5.74, 6) is 7.00. The summed E-state index contributed by atoms with van der Waals surface area (Å²) < 4.78 is 5.25. The summed E-state index contributed by atoms with van der Waals surface area (Å²) in [6.07, 6.45) is 0.661. The first-order chi connectivity index (χ1) is 7.31. The maximum absolute atomic E-state index is 5.38. The summed E-state index contributed by atoms with van der Waals surface area (Å²) in [5.41, 5.74) is 3.67. The molecule has 0 amide bonds. The highest BCUT2D eigenvalue weighted by Gasteiger charge is 2.04. The summed E-state index contributed by atoms with van der Waals surface area (Å²) in [6.45, 7) is 2.69. The third-order valence-corrected chi connectivity index (χ3v) is 2.07. The number of ether oxygens (including phenoxy) is 1. The minimum Gasteiger partial charge on any atom is -0.496 e. The van der Waals surface area contributed by atoms with Crippen molar-refractivity contribution < 1.29 is 4.74 Å². The molecule has 0 aliphatic carbocycles. The zero-order chi connectivity index (χ0) is 11.1. The van der Waals surface area contributed by atoms with Crippen molar-refractivity contribution in [2.24, 2.45) is 10.8 Å². The second-order valence-electron chi connectivity index (χ2n) is 3.05. The van der Waals surface area contributed by atoms with E-state index in [2.05, 4.69) is 10.4 Å². The minimum atomic E-state index is 0.661. The van der Waals surface area contributed by atoms with Gasteiger partial charge in [0, 0.05) is 18.5 Å². The van der Waals surface area contributed by atoms with E-state index in [0.717, 1.165) is 17.1 Å².